The van der Waals surface area contributed by atoms with Gasteiger partial charge in [0.25, 0.3) is 0 Å². The minimum absolute atomic E-state index is 0.407. The van der Waals surface area contributed by atoms with Gasteiger partial charge in [-0.05, 0) is 84.3 Å². The highest BCUT2D eigenvalue weighted by Gasteiger charge is 2.46. The summed E-state index contributed by atoms with van der Waals surface area (Å²) in [7, 11) is 0. The predicted molar refractivity (Wildman–Crippen MR) is 145 cm³/mol. The lowest BCUT2D eigenvalue weighted by Gasteiger charge is -2.34. The number of hydrogen-bond donors (Lipinski definition) is 0. The zero-order chi connectivity index (χ0) is 24.4. The van der Waals surface area contributed by atoms with Gasteiger partial charge in [-0.3, -0.25) is 0 Å². The molecule has 4 aromatic rings. The number of benzene rings is 4. The van der Waals surface area contributed by atoms with Crippen LogP contribution in [0.1, 0.15) is 60.1 Å². The van der Waals surface area contributed by atoms with Gasteiger partial charge in [0.2, 0.25) is 0 Å². The second-order valence-electron chi connectivity index (χ2n) is 9.59. The van der Waals surface area contributed by atoms with Crippen LogP contribution in [-0.4, -0.2) is 13.2 Å². The van der Waals surface area contributed by atoms with Gasteiger partial charge in [-0.25, -0.2) is 0 Å². The van der Waals surface area contributed by atoms with Crippen molar-refractivity contribution in [1.82, 2.24) is 0 Å². The van der Waals surface area contributed by atoms with Crippen molar-refractivity contribution in [1.29, 1.82) is 0 Å². The zero-order valence-electron chi connectivity index (χ0n) is 21.2. The first-order valence-corrected chi connectivity index (χ1v) is 12.8. The van der Waals surface area contributed by atoms with Crippen molar-refractivity contribution in [3.8, 4) is 22.6 Å². The van der Waals surface area contributed by atoms with Crippen LogP contribution < -0.4 is 9.47 Å². The van der Waals surface area contributed by atoms with Crippen LogP contribution in [0.5, 0.6) is 11.5 Å². The standard InChI is InChI=1S/C33H34O2/c1-5-19-34-27-13-9-25(10-14-27)33(26-11-15-28(16-12-26)35-20-6-2)31-21-23(3)7-17-29(31)30-18-8-24(4)22-32(30)33/h7-18,21-22H,5-6,19-20H2,1-4H3. The van der Waals surface area contributed by atoms with Crippen molar-refractivity contribution < 1.29 is 9.47 Å². The van der Waals surface area contributed by atoms with E-state index in [0.29, 0.717) is 0 Å². The monoisotopic (exact) mass is 462 g/mol. The highest BCUT2D eigenvalue weighted by Crippen LogP contribution is 2.56. The number of hydrogen-bond acceptors (Lipinski definition) is 2. The summed E-state index contributed by atoms with van der Waals surface area (Å²) in [5.41, 5.74) is 9.91. The van der Waals surface area contributed by atoms with E-state index in [2.05, 4.69) is 113 Å². The maximum absolute atomic E-state index is 5.93. The van der Waals surface area contributed by atoms with Crippen LogP contribution in [0.25, 0.3) is 11.1 Å². The van der Waals surface area contributed by atoms with Crippen LogP contribution in [0.3, 0.4) is 0 Å². The van der Waals surface area contributed by atoms with Crippen molar-refractivity contribution in [2.75, 3.05) is 13.2 Å². The normalized spacial score (nSPS) is 13.3. The Bertz CT molecular complexity index is 1210. The first-order valence-electron chi connectivity index (χ1n) is 12.8. The van der Waals surface area contributed by atoms with Gasteiger partial charge in [0.1, 0.15) is 11.5 Å². The van der Waals surface area contributed by atoms with E-state index in [1.54, 1.807) is 0 Å². The highest BCUT2D eigenvalue weighted by molar-refractivity contribution is 5.86. The van der Waals surface area contributed by atoms with E-state index in [0.717, 1.165) is 37.6 Å². The Hall–Kier alpha value is -3.52. The van der Waals surface area contributed by atoms with Crippen molar-refractivity contribution in [3.63, 3.8) is 0 Å². The highest BCUT2D eigenvalue weighted by atomic mass is 16.5. The molecule has 0 unspecified atom stereocenters. The lowest BCUT2D eigenvalue weighted by Crippen LogP contribution is -2.28. The van der Waals surface area contributed by atoms with Gasteiger partial charge in [-0.15, -0.1) is 0 Å². The number of fused-ring (bicyclic) bond motifs is 3. The van der Waals surface area contributed by atoms with E-state index < -0.39 is 5.41 Å². The van der Waals surface area contributed by atoms with Crippen LogP contribution in [0.2, 0.25) is 0 Å². The fourth-order valence-electron chi connectivity index (χ4n) is 5.38. The Kier molecular flexibility index (Phi) is 6.38. The molecule has 0 aliphatic heterocycles. The van der Waals surface area contributed by atoms with Crippen LogP contribution in [0.4, 0.5) is 0 Å². The third kappa shape index (κ3) is 4.01. The summed E-state index contributed by atoms with van der Waals surface area (Å²) in [6.07, 6.45) is 1.99. The summed E-state index contributed by atoms with van der Waals surface area (Å²) < 4.78 is 11.9. The van der Waals surface area contributed by atoms with Crippen LogP contribution in [0, 0.1) is 13.8 Å². The molecule has 1 aliphatic rings. The molecule has 35 heavy (non-hydrogen) atoms. The van der Waals surface area contributed by atoms with Gasteiger partial charge in [0.05, 0.1) is 18.6 Å². The van der Waals surface area contributed by atoms with Gasteiger partial charge < -0.3 is 9.47 Å². The topological polar surface area (TPSA) is 18.5 Å². The molecule has 5 rings (SSSR count). The predicted octanol–water partition coefficient (Wildman–Crippen LogP) is 8.24. The smallest absolute Gasteiger partial charge is 0.119 e. The molecule has 178 valence electrons. The molecule has 0 bridgehead atoms. The van der Waals surface area contributed by atoms with E-state index in [-0.39, 0.29) is 0 Å². The molecule has 0 heterocycles. The van der Waals surface area contributed by atoms with Gasteiger partial charge in [0.15, 0.2) is 0 Å². The van der Waals surface area contributed by atoms with E-state index in [1.807, 2.05) is 0 Å². The average molecular weight is 463 g/mol. The molecular weight excluding hydrogens is 428 g/mol. The first-order chi connectivity index (χ1) is 17.1. The zero-order valence-corrected chi connectivity index (χ0v) is 21.2. The van der Waals surface area contributed by atoms with Gasteiger partial charge in [-0.1, -0.05) is 85.6 Å². The number of ether oxygens (including phenoxy) is 2. The van der Waals surface area contributed by atoms with E-state index in [4.69, 9.17) is 9.47 Å². The Labute approximate surface area is 209 Å². The molecule has 0 fully saturated rings. The van der Waals surface area contributed by atoms with Crippen LogP contribution >= 0.6 is 0 Å². The lowest BCUT2D eigenvalue weighted by atomic mass is 9.67. The molecule has 0 amide bonds. The minimum Gasteiger partial charge on any atom is -0.494 e. The molecule has 0 spiro atoms. The molecule has 0 saturated carbocycles. The van der Waals surface area contributed by atoms with Crippen molar-refractivity contribution in [2.24, 2.45) is 0 Å². The summed E-state index contributed by atoms with van der Waals surface area (Å²) in [5, 5.41) is 0. The third-order valence-corrected chi connectivity index (χ3v) is 6.97. The number of aryl methyl sites for hydroxylation is 2. The second-order valence-corrected chi connectivity index (χ2v) is 9.59. The Balaban J connectivity index is 1.77. The average Bonchev–Trinajstić information content (AvgIpc) is 3.16. The Morgan fingerprint density at radius 1 is 0.543 bits per heavy atom. The Morgan fingerprint density at radius 2 is 0.943 bits per heavy atom. The number of rotatable bonds is 8. The Morgan fingerprint density at radius 3 is 1.31 bits per heavy atom. The van der Waals surface area contributed by atoms with Crippen molar-refractivity contribution in [2.45, 2.75) is 46.0 Å². The fourth-order valence-corrected chi connectivity index (χ4v) is 5.38. The summed E-state index contributed by atoms with van der Waals surface area (Å²) >= 11 is 0. The van der Waals surface area contributed by atoms with Crippen LogP contribution in [0.15, 0.2) is 84.9 Å². The molecule has 0 N–H and O–H groups in total. The molecule has 0 aromatic heterocycles. The molecule has 2 heteroatoms. The summed E-state index contributed by atoms with van der Waals surface area (Å²) in [5.74, 6) is 1.84. The quantitative estimate of drug-likeness (QED) is 0.231. The molecule has 1 aliphatic carbocycles. The second kappa shape index (κ2) is 9.62. The van der Waals surface area contributed by atoms with Gasteiger partial charge in [0, 0.05) is 0 Å². The van der Waals surface area contributed by atoms with Gasteiger partial charge in [-0.2, -0.15) is 0 Å². The molecule has 4 aromatic carbocycles. The fraction of sp³-hybridized carbons (Fsp3) is 0.273. The van der Waals surface area contributed by atoms with E-state index >= 15 is 0 Å². The molecule has 0 saturated heterocycles. The van der Waals surface area contributed by atoms with E-state index in [1.165, 1.54) is 44.5 Å². The SMILES string of the molecule is CCCOc1ccc(C2(c3ccc(OCCC)cc3)c3cc(C)ccc3-c3ccc(C)cc32)cc1. The largest absolute Gasteiger partial charge is 0.494 e. The maximum Gasteiger partial charge on any atom is 0.119 e. The minimum atomic E-state index is -0.407. The first kappa shape index (κ1) is 23.2. The van der Waals surface area contributed by atoms with Crippen molar-refractivity contribution >= 4 is 0 Å². The molecule has 2 nitrogen and oxygen atoms in total. The summed E-state index contributed by atoms with van der Waals surface area (Å²) in [6.45, 7) is 10.1. The summed E-state index contributed by atoms with van der Waals surface area (Å²) in [6, 6.07) is 31.2. The molecule has 0 radical (unpaired) electrons. The molecule has 0 atom stereocenters. The van der Waals surface area contributed by atoms with Crippen molar-refractivity contribution in [3.05, 3.63) is 118 Å². The third-order valence-electron chi connectivity index (χ3n) is 6.97. The van der Waals surface area contributed by atoms with E-state index in [9.17, 15) is 0 Å². The lowest BCUT2D eigenvalue weighted by molar-refractivity contribution is 0.317. The maximum atomic E-state index is 5.93. The molecular formula is C33H34O2. The summed E-state index contributed by atoms with van der Waals surface area (Å²) in [4.78, 5) is 0. The van der Waals surface area contributed by atoms with Gasteiger partial charge >= 0.3 is 0 Å². The van der Waals surface area contributed by atoms with Crippen LogP contribution in [-0.2, 0) is 5.41 Å².